The van der Waals surface area contributed by atoms with Gasteiger partial charge in [-0.3, -0.25) is 0 Å². The molecular weight excluding hydrogens is 619 g/mol. The summed E-state index contributed by atoms with van der Waals surface area (Å²) in [6, 6.07) is 54.9. The molecule has 1 unspecified atom stereocenters. The van der Waals surface area contributed by atoms with Gasteiger partial charge in [0.2, 0.25) is 0 Å². The first-order chi connectivity index (χ1) is 25.1. The van der Waals surface area contributed by atoms with Crippen molar-refractivity contribution in [2.45, 2.75) is 31.6 Å². The molecule has 0 saturated carbocycles. The van der Waals surface area contributed by atoms with E-state index in [1.807, 2.05) is 0 Å². The normalized spacial score (nSPS) is 16.0. The molecule has 0 fully saturated rings. The molecule has 0 aliphatic heterocycles. The van der Waals surface area contributed by atoms with Gasteiger partial charge in [0.25, 0.3) is 0 Å². The minimum Gasteiger partial charge on any atom is -0.455 e. The number of benzene rings is 7. The summed E-state index contributed by atoms with van der Waals surface area (Å²) in [6.45, 7) is 4.69. The largest absolute Gasteiger partial charge is 0.455 e. The third-order valence-electron chi connectivity index (χ3n) is 11.2. The van der Waals surface area contributed by atoms with Crippen LogP contribution in [0.4, 0.5) is 11.4 Å². The molecule has 51 heavy (non-hydrogen) atoms. The zero-order valence-corrected chi connectivity index (χ0v) is 28.8. The van der Waals surface area contributed by atoms with Crippen LogP contribution in [0, 0.1) is 0 Å². The summed E-state index contributed by atoms with van der Waals surface area (Å²) >= 11 is 0. The second-order valence-corrected chi connectivity index (χ2v) is 14.4. The molecule has 2 aliphatic rings. The highest BCUT2D eigenvalue weighted by molar-refractivity contribution is 6.18. The number of anilines is 2. The molecule has 244 valence electrons. The smallest absolute Gasteiger partial charge is 0.143 e. The molecule has 0 N–H and O–H groups in total. The van der Waals surface area contributed by atoms with Gasteiger partial charge in [-0.2, -0.15) is 0 Å². The van der Waals surface area contributed by atoms with Gasteiger partial charge in [-0.05, 0) is 87.7 Å². The number of rotatable bonds is 5. The monoisotopic (exact) mass is 655 g/mol. The molecule has 2 heteroatoms. The highest BCUT2D eigenvalue weighted by Crippen LogP contribution is 2.50. The Morgan fingerprint density at radius 3 is 1.92 bits per heavy atom. The van der Waals surface area contributed by atoms with E-state index in [2.05, 4.69) is 189 Å². The highest BCUT2D eigenvalue weighted by atomic mass is 16.3. The second kappa shape index (κ2) is 11.5. The van der Waals surface area contributed by atoms with E-state index in [9.17, 15) is 0 Å². The van der Waals surface area contributed by atoms with Crippen molar-refractivity contribution < 1.29 is 4.42 Å². The summed E-state index contributed by atoms with van der Waals surface area (Å²) in [4.78, 5) is 2.35. The summed E-state index contributed by atoms with van der Waals surface area (Å²) in [7, 11) is 0. The number of para-hydroxylation sites is 3. The maximum absolute atomic E-state index is 6.94. The predicted octanol–water partition coefficient (Wildman–Crippen LogP) is 13.5. The SMILES string of the molecule is CC1(C)c2ccccc2-c2ccc(-c3cccc4c3oc3c5ccccc5c(C5C=CC(N(c6ccccc6)c6ccccc6)=CC5)cc43)cc21. The van der Waals surface area contributed by atoms with Crippen LogP contribution < -0.4 is 4.90 Å². The fourth-order valence-electron chi connectivity index (χ4n) is 8.66. The Kier molecular flexibility index (Phi) is 6.69. The number of fused-ring (bicyclic) bond motifs is 8. The highest BCUT2D eigenvalue weighted by Gasteiger charge is 2.35. The molecule has 0 saturated heterocycles. The van der Waals surface area contributed by atoms with Crippen molar-refractivity contribution >= 4 is 44.1 Å². The Morgan fingerprint density at radius 1 is 0.549 bits per heavy atom. The first-order valence-electron chi connectivity index (χ1n) is 18.0. The van der Waals surface area contributed by atoms with E-state index in [0.29, 0.717) is 0 Å². The van der Waals surface area contributed by atoms with E-state index in [1.54, 1.807) is 0 Å². The molecule has 10 rings (SSSR count). The van der Waals surface area contributed by atoms with E-state index in [1.165, 1.54) is 49.9 Å². The molecule has 1 heterocycles. The van der Waals surface area contributed by atoms with Gasteiger partial charge in [0, 0.05) is 50.1 Å². The maximum Gasteiger partial charge on any atom is 0.143 e. The summed E-state index contributed by atoms with van der Waals surface area (Å²) in [6.07, 6.45) is 7.99. The van der Waals surface area contributed by atoms with Gasteiger partial charge in [0.15, 0.2) is 0 Å². The van der Waals surface area contributed by atoms with Crippen LogP contribution in [-0.4, -0.2) is 0 Å². The quantitative estimate of drug-likeness (QED) is 0.183. The topological polar surface area (TPSA) is 16.4 Å². The van der Waals surface area contributed by atoms with Crippen LogP contribution in [0.15, 0.2) is 180 Å². The third kappa shape index (κ3) is 4.63. The van der Waals surface area contributed by atoms with Crippen LogP contribution in [0.2, 0.25) is 0 Å². The van der Waals surface area contributed by atoms with Gasteiger partial charge in [-0.25, -0.2) is 0 Å². The van der Waals surface area contributed by atoms with Gasteiger partial charge >= 0.3 is 0 Å². The second-order valence-electron chi connectivity index (χ2n) is 14.4. The van der Waals surface area contributed by atoms with Crippen LogP contribution in [0.1, 0.15) is 42.9 Å². The lowest BCUT2D eigenvalue weighted by molar-refractivity contribution is 0.660. The number of hydrogen-bond donors (Lipinski definition) is 0. The molecular formula is C49H37NO. The molecule has 1 aromatic heterocycles. The standard InChI is InChI=1S/C49H37NO/c1-49(2)45-23-12-11-19-39(45)40-29-26-33(30-46(40)49)37-21-13-22-42-44-31-43(38-18-9-10-20-41(38)48(44)51-47(37)42)32-24-27-36(28-25-32)50(34-14-5-3-6-15-34)35-16-7-4-8-17-35/h3-24,26-32H,25H2,1-2H3. The Labute approximate surface area is 298 Å². The fourth-order valence-corrected chi connectivity index (χ4v) is 8.66. The Morgan fingerprint density at radius 2 is 1.18 bits per heavy atom. The lowest BCUT2D eigenvalue weighted by Gasteiger charge is -2.29. The van der Waals surface area contributed by atoms with Gasteiger partial charge in [-0.1, -0.05) is 141 Å². The van der Waals surface area contributed by atoms with Crippen LogP contribution >= 0.6 is 0 Å². The first kappa shape index (κ1) is 29.8. The van der Waals surface area contributed by atoms with Crippen LogP contribution in [0.5, 0.6) is 0 Å². The van der Waals surface area contributed by atoms with E-state index in [4.69, 9.17) is 4.42 Å². The van der Waals surface area contributed by atoms with Crippen molar-refractivity contribution in [1.29, 1.82) is 0 Å². The van der Waals surface area contributed by atoms with Gasteiger partial charge in [0.1, 0.15) is 11.2 Å². The Balaban J connectivity index is 1.07. The molecule has 8 aromatic rings. The molecule has 7 aromatic carbocycles. The van der Waals surface area contributed by atoms with Crippen LogP contribution in [0.25, 0.3) is 55.0 Å². The summed E-state index contributed by atoms with van der Waals surface area (Å²) in [5.74, 6) is 0.241. The number of nitrogens with zero attached hydrogens (tertiary/aromatic N) is 1. The summed E-state index contributed by atoms with van der Waals surface area (Å²) < 4.78 is 6.94. The average Bonchev–Trinajstić information content (AvgIpc) is 3.68. The average molecular weight is 656 g/mol. The van der Waals surface area contributed by atoms with Gasteiger partial charge < -0.3 is 9.32 Å². The van der Waals surface area contributed by atoms with E-state index in [0.717, 1.165) is 45.3 Å². The lowest BCUT2D eigenvalue weighted by Crippen LogP contribution is -2.17. The predicted molar refractivity (Wildman–Crippen MR) is 214 cm³/mol. The molecule has 0 spiro atoms. The Bertz CT molecular complexity index is 2650. The summed E-state index contributed by atoms with van der Waals surface area (Å²) in [5.41, 5.74) is 14.5. The van der Waals surface area contributed by atoms with E-state index < -0.39 is 0 Å². The molecule has 0 bridgehead atoms. The van der Waals surface area contributed by atoms with Crippen LogP contribution in [0.3, 0.4) is 0 Å². The molecule has 0 amide bonds. The molecule has 0 radical (unpaired) electrons. The zero-order valence-electron chi connectivity index (χ0n) is 28.8. The lowest BCUT2D eigenvalue weighted by atomic mass is 9.81. The van der Waals surface area contributed by atoms with Gasteiger partial charge in [0.05, 0.1) is 0 Å². The van der Waals surface area contributed by atoms with E-state index in [-0.39, 0.29) is 11.3 Å². The third-order valence-corrected chi connectivity index (χ3v) is 11.2. The number of hydrogen-bond acceptors (Lipinski definition) is 2. The van der Waals surface area contributed by atoms with Crippen molar-refractivity contribution in [3.8, 4) is 22.3 Å². The maximum atomic E-state index is 6.94. The van der Waals surface area contributed by atoms with Crippen LogP contribution in [-0.2, 0) is 5.41 Å². The van der Waals surface area contributed by atoms with Crippen molar-refractivity contribution in [3.63, 3.8) is 0 Å². The fraction of sp³-hybridized carbons (Fsp3) is 0.102. The first-order valence-corrected chi connectivity index (χ1v) is 18.0. The van der Waals surface area contributed by atoms with Crippen molar-refractivity contribution in [1.82, 2.24) is 0 Å². The Hall–Kier alpha value is -6.12. The number of allylic oxidation sites excluding steroid dienone is 3. The zero-order chi connectivity index (χ0) is 34.1. The minimum atomic E-state index is -0.0597. The summed E-state index contributed by atoms with van der Waals surface area (Å²) in [5, 5.41) is 4.74. The minimum absolute atomic E-state index is 0.0597. The molecule has 2 nitrogen and oxygen atoms in total. The van der Waals surface area contributed by atoms with E-state index >= 15 is 0 Å². The van der Waals surface area contributed by atoms with Gasteiger partial charge in [-0.15, -0.1) is 0 Å². The van der Waals surface area contributed by atoms with Crippen molar-refractivity contribution in [3.05, 3.63) is 192 Å². The molecule has 2 aliphatic carbocycles. The number of furan rings is 1. The van der Waals surface area contributed by atoms with Crippen molar-refractivity contribution in [2.24, 2.45) is 0 Å². The molecule has 1 atom stereocenters. The van der Waals surface area contributed by atoms with Crippen molar-refractivity contribution in [2.75, 3.05) is 4.90 Å².